The number of ether oxygens (including phenoxy) is 1. The largest absolute Gasteiger partial charge is 0.497 e. The number of benzene rings is 1. The van der Waals surface area contributed by atoms with Crippen LogP contribution in [0.2, 0.25) is 0 Å². The van der Waals surface area contributed by atoms with Crippen LogP contribution in [-0.4, -0.2) is 18.7 Å². The molecular formula is C15H14N4O2. The molecule has 0 radical (unpaired) electrons. The van der Waals surface area contributed by atoms with Crippen LogP contribution in [0.5, 0.6) is 5.75 Å². The zero-order valence-electron chi connectivity index (χ0n) is 11.7. The molecule has 0 saturated heterocycles. The van der Waals surface area contributed by atoms with Gasteiger partial charge in [0.25, 0.3) is 0 Å². The Kier molecular flexibility index (Phi) is 4.20. The molecule has 0 saturated carbocycles. The molecule has 6 heteroatoms. The van der Waals surface area contributed by atoms with E-state index in [2.05, 4.69) is 10.5 Å². The van der Waals surface area contributed by atoms with Gasteiger partial charge in [-0.3, -0.25) is 4.79 Å². The number of hydrazone groups is 1. The third-order valence-electron chi connectivity index (χ3n) is 3.57. The number of nitrogens with one attached hydrogen (secondary N) is 1. The highest BCUT2D eigenvalue weighted by Crippen LogP contribution is 2.35. The Bertz CT molecular complexity index is 638. The lowest BCUT2D eigenvalue weighted by atomic mass is 9.76. The molecule has 1 amide bonds. The maximum atomic E-state index is 12.0. The summed E-state index contributed by atoms with van der Waals surface area (Å²) in [6.07, 6.45) is 0. The van der Waals surface area contributed by atoms with E-state index in [1.54, 1.807) is 38.3 Å². The van der Waals surface area contributed by atoms with Crippen LogP contribution in [-0.2, 0) is 4.79 Å². The smallest absolute Gasteiger partial charge is 0.249 e. The van der Waals surface area contributed by atoms with Crippen LogP contribution in [0, 0.1) is 34.5 Å². The number of carbonyl (C=O) groups is 1. The molecule has 1 heterocycles. The molecule has 2 atom stereocenters. The lowest BCUT2D eigenvalue weighted by Gasteiger charge is -2.23. The van der Waals surface area contributed by atoms with Gasteiger partial charge >= 0.3 is 0 Å². The first kappa shape index (κ1) is 14.5. The number of amides is 1. The van der Waals surface area contributed by atoms with Crippen LogP contribution < -0.4 is 10.2 Å². The molecule has 0 spiro atoms. The number of nitriles is 2. The SMILES string of the molecule is COc1ccc([C@H](C(C#N)C#N)[C@@H]2C(=O)NN=C2C)cc1. The molecule has 0 fully saturated rings. The highest BCUT2D eigenvalue weighted by molar-refractivity contribution is 6.07. The van der Waals surface area contributed by atoms with Crippen molar-refractivity contribution in [3.8, 4) is 17.9 Å². The summed E-state index contributed by atoms with van der Waals surface area (Å²) in [6, 6.07) is 11.0. The van der Waals surface area contributed by atoms with Crippen molar-refractivity contribution in [2.45, 2.75) is 12.8 Å². The third-order valence-corrected chi connectivity index (χ3v) is 3.57. The fourth-order valence-electron chi connectivity index (χ4n) is 2.49. The molecular weight excluding hydrogens is 268 g/mol. The van der Waals surface area contributed by atoms with Gasteiger partial charge in [0, 0.05) is 11.6 Å². The Balaban J connectivity index is 2.46. The third kappa shape index (κ3) is 2.70. The Hall–Kier alpha value is -2.86. The van der Waals surface area contributed by atoms with Gasteiger partial charge in [-0.2, -0.15) is 15.6 Å². The molecule has 1 aromatic carbocycles. The van der Waals surface area contributed by atoms with Gasteiger partial charge < -0.3 is 4.74 Å². The van der Waals surface area contributed by atoms with Gasteiger partial charge in [0.15, 0.2) is 0 Å². The first-order valence-corrected chi connectivity index (χ1v) is 6.39. The van der Waals surface area contributed by atoms with E-state index < -0.39 is 17.8 Å². The summed E-state index contributed by atoms with van der Waals surface area (Å²) in [5.41, 5.74) is 3.72. The summed E-state index contributed by atoms with van der Waals surface area (Å²) in [4.78, 5) is 12.0. The number of hydrogen-bond donors (Lipinski definition) is 1. The molecule has 0 bridgehead atoms. The number of rotatable bonds is 4. The summed E-state index contributed by atoms with van der Waals surface area (Å²) in [5, 5.41) is 22.3. The highest BCUT2D eigenvalue weighted by Gasteiger charge is 2.40. The Morgan fingerprint density at radius 2 is 1.90 bits per heavy atom. The van der Waals surface area contributed by atoms with Crippen molar-refractivity contribution in [2.24, 2.45) is 16.9 Å². The average Bonchev–Trinajstić information content (AvgIpc) is 2.84. The zero-order valence-corrected chi connectivity index (χ0v) is 11.7. The monoisotopic (exact) mass is 282 g/mol. The molecule has 0 unspecified atom stereocenters. The maximum Gasteiger partial charge on any atom is 0.249 e. The number of carbonyl (C=O) groups excluding carboxylic acids is 1. The van der Waals surface area contributed by atoms with Crippen LogP contribution in [0.25, 0.3) is 0 Å². The summed E-state index contributed by atoms with van der Waals surface area (Å²) >= 11 is 0. The first-order chi connectivity index (χ1) is 10.1. The first-order valence-electron chi connectivity index (χ1n) is 6.39. The second kappa shape index (κ2) is 6.06. The fraction of sp³-hybridized carbons (Fsp3) is 0.333. The van der Waals surface area contributed by atoms with Crippen LogP contribution >= 0.6 is 0 Å². The zero-order chi connectivity index (χ0) is 15.4. The topological polar surface area (TPSA) is 98.3 Å². The van der Waals surface area contributed by atoms with Crippen molar-refractivity contribution >= 4 is 11.6 Å². The van der Waals surface area contributed by atoms with E-state index in [0.29, 0.717) is 11.5 Å². The van der Waals surface area contributed by atoms with E-state index in [1.165, 1.54) is 0 Å². The predicted molar refractivity (Wildman–Crippen MR) is 75.2 cm³/mol. The summed E-state index contributed by atoms with van der Waals surface area (Å²) in [7, 11) is 1.56. The summed E-state index contributed by atoms with van der Waals surface area (Å²) in [5.74, 6) is -1.72. The van der Waals surface area contributed by atoms with Gasteiger partial charge in [0.2, 0.25) is 5.91 Å². The van der Waals surface area contributed by atoms with E-state index in [1.807, 2.05) is 12.1 Å². The molecule has 6 nitrogen and oxygen atoms in total. The normalized spacial score (nSPS) is 18.4. The number of nitrogens with zero attached hydrogens (tertiary/aromatic N) is 3. The maximum absolute atomic E-state index is 12.0. The van der Waals surface area contributed by atoms with Crippen LogP contribution in [0.15, 0.2) is 29.4 Å². The number of hydrogen-bond acceptors (Lipinski definition) is 5. The Labute approximate surface area is 122 Å². The van der Waals surface area contributed by atoms with E-state index in [-0.39, 0.29) is 5.91 Å². The highest BCUT2D eigenvalue weighted by atomic mass is 16.5. The van der Waals surface area contributed by atoms with Gasteiger partial charge in [-0.05, 0) is 24.6 Å². The molecule has 106 valence electrons. The minimum atomic E-state index is -0.933. The van der Waals surface area contributed by atoms with Crippen LogP contribution in [0.3, 0.4) is 0 Å². The molecule has 1 N–H and O–H groups in total. The molecule has 21 heavy (non-hydrogen) atoms. The van der Waals surface area contributed by atoms with E-state index in [0.717, 1.165) is 5.56 Å². The Morgan fingerprint density at radius 1 is 1.29 bits per heavy atom. The predicted octanol–water partition coefficient (Wildman–Crippen LogP) is 1.56. The van der Waals surface area contributed by atoms with Crippen molar-refractivity contribution < 1.29 is 9.53 Å². The van der Waals surface area contributed by atoms with Gasteiger partial charge in [0.05, 0.1) is 25.2 Å². The summed E-state index contributed by atoms with van der Waals surface area (Å²) in [6.45, 7) is 1.71. The average molecular weight is 282 g/mol. The van der Waals surface area contributed by atoms with E-state index in [9.17, 15) is 15.3 Å². The second-order valence-corrected chi connectivity index (χ2v) is 4.74. The van der Waals surface area contributed by atoms with Gasteiger partial charge in [0.1, 0.15) is 11.7 Å². The standard InChI is InChI=1S/C15H14N4O2/c1-9-13(15(20)19-18-9)14(11(7-16)8-17)10-3-5-12(21-2)6-4-10/h3-6,11,13-14H,1-2H3,(H,19,20)/t13-,14-/m1/s1. The Morgan fingerprint density at radius 3 is 2.33 bits per heavy atom. The lowest BCUT2D eigenvalue weighted by molar-refractivity contribution is -0.122. The van der Waals surface area contributed by atoms with Crippen molar-refractivity contribution in [1.29, 1.82) is 10.5 Å². The molecule has 1 aromatic rings. The van der Waals surface area contributed by atoms with Gasteiger partial charge in [-0.15, -0.1) is 0 Å². The van der Waals surface area contributed by atoms with E-state index in [4.69, 9.17) is 4.74 Å². The quantitative estimate of drug-likeness (QED) is 0.906. The number of methoxy groups -OCH3 is 1. The van der Waals surface area contributed by atoms with Gasteiger partial charge in [-0.1, -0.05) is 12.1 Å². The lowest BCUT2D eigenvalue weighted by Crippen LogP contribution is -2.32. The molecule has 2 rings (SSSR count). The van der Waals surface area contributed by atoms with Crippen molar-refractivity contribution in [3.63, 3.8) is 0 Å². The molecule has 1 aliphatic heterocycles. The fourth-order valence-corrected chi connectivity index (χ4v) is 2.49. The van der Waals surface area contributed by atoms with E-state index >= 15 is 0 Å². The molecule has 0 aromatic heterocycles. The minimum absolute atomic E-state index is 0.288. The second-order valence-electron chi connectivity index (χ2n) is 4.74. The van der Waals surface area contributed by atoms with Crippen LogP contribution in [0.4, 0.5) is 0 Å². The van der Waals surface area contributed by atoms with Crippen molar-refractivity contribution in [3.05, 3.63) is 29.8 Å². The molecule has 0 aliphatic carbocycles. The van der Waals surface area contributed by atoms with Gasteiger partial charge in [-0.25, -0.2) is 5.43 Å². The summed E-state index contributed by atoms with van der Waals surface area (Å²) < 4.78 is 5.10. The van der Waals surface area contributed by atoms with Crippen molar-refractivity contribution in [2.75, 3.05) is 7.11 Å². The minimum Gasteiger partial charge on any atom is -0.497 e. The van der Waals surface area contributed by atoms with Crippen LogP contribution in [0.1, 0.15) is 18.4 Å². The molecule has 1 aliphatic rings. The van der Waals surface area contributed by atoms with Crippen molar-refractivity contribution in [1.82, 2.24) is 5.43 Å².